The van der Waals surface area contributed by atoms with Gasteiger partial charge in [0.2, 0.25) is 0 Å². The van der Waals surface area contributed by atoms with Gasteiger partial charge in [-0.2, -0.15) is 0 Å². The van der Waals surface area contributed by atoms with Crippen molar-refractivity contribution in [2.45, 2.75) is 32.1 Å². The Hall–Kier alpha value is -2.75. The molecule has 1 saturated heterocycles. The fourth-order valence-electron chi connectivity index (χ4n) is 3.66. The van der Waals surface area contributed by atoms with Crippen molar-refractivity contribution in [2.75, 3.05) is 30.8 Å². The molecule has 1 heterocycles. The van der Waals surface area contributed by atoms with Gasteiger partial charge in [-0.1, -0.05) is 31.2 Å². The predicted octanol–water partition coefficient (Wildman–Crippen LogP) is 4.57. The molecule has 0 aromatic heterocycles. The lowest BCUT2D eigenvalue weighted by atomic mass is 9.89. The van der Waals surface area contributed by atoms with Crippen LogP contribution in [-0.2, 0) is 0 Å². The van der Waals surface area contributed by atoms with E-state index in [2.05, 4.69) is 48.5 Å². The first kappa shape index (κ1) is 20.6. The molecule has 144 valence electrons. The zero-order valence-corrected chi connectivity index (χ0v) is 16.5. The van der Waals surface area contributed by atoms with E-state index in [-0.39, 0.29) is 11.8 Å². The topological polar surface area (TPSA) is 58.4 Å². The van der Waals surface area contributed by atoms with Crippen LogP contribution in [0.1, 0.15) is 53.6 Å². The number of hydrogen-bond acceptors (Lipinski definition) is 3. The minimum Gasteiger partial charge on any atom is -0.397 e. The summed E-state index contributed by atoms with van der Waals surface area (Å²) in [5.41, 5.74) is 11.2. The summed E-state index contributed by atoms with van der Waals surface area (Å²) >= 11 is 0. The number of rotatable bonds is 4. The monoisotopic (exact) mass is 365 g/mol. The van der Waals surface area contributed by atoms with E-state index in [4.69, 9.17) is 5.73 Å². The van der Waals surface area contributed by atoms with E-state index < -0.39 is 0 Å². The lowest BCUT2D eigenvalue weighted by Crippen LogP contribution is -2.30. The molecule has 1 amide bonds. The molecule has 2 aromatic rings. The third kappa shape index (κ3) is 4.70. The summed E-state index contributed by atoms with van der Waals surface area (Å²) < 4.78 is 0. The van der Waals surface area contributed by atoms with Gasteiger partial charge in [0.1, 0.15) is 0 Å². The van der Waals surface area contributed by atoms with Crippen LogP contribution in [0.2, 0.25) is 0 Å². The molecule has 0 bridgehead atoms. The van der Waals surface area contributed by atoms with Crippen molar-refractivity contribution in [3.8, 4) is 0 Å². The third-order valence-electron chi connectivity index (χ3n) is 5.15. The van der Waals surface area contributed by atoms with Gasteiger partial charge in [-0.15, -0.1) is 13.2 Å². The van der Waals surface area contributed by atoms with Crippen molar-refractivity contribution in [1.29, 1.82) is 0 Å². The molecular weight excluding hydrogens is 334 g/mol. The number of nitrogens with zero attached hydrogens (tertiary/aromatic N) is 1. The smallest absolute Gasteiger partial charge is 0.251 e. The summed E-state index contributed by atoms with van der Waals surface area (Å²) in [5.74, 6) is 0.0477. The SMILES string of the molecule is C=C.CNC(=O)c1ccccc1C(C)c1ccc(N2CCCCC2)c(N)c1. The number of nitrogens with two attached hydrogens (primary N) is 1. The third-order valence-corrected chi connectivity index (χ3v) is 5.15. The highest BCUT2D eigenvalue weighted by Gasteiger charge is 2.19. The largest absolute Gasteiger partial charge is 0.397 e. The number of carbonyl (C=O) groups is 1. The minimum absolute atomic E-state index is 0.0552. The number of benzene rings is 2. The van der Waals surface area contributed by atoms with Crippen molar-refractivity contribution < 1.29 is 4.79 Å². The highest BCUT2D eigenvalue weighted by molar-refractivity contribution is 5.95. The molecule has 4 nitrogen and oxygen atoms in total. The first-order chi connectivity index (χ1) is 13.1. The molecule has 0 saturated carbocycles. The molecule has 0 spiro atoms. The summed E-state index contributed by atoms with van der Waals surface area (Å²) in [6.45, 7) is 10.3. The normalized spacial score (nSPS) is 14.7. The molecule has 3 rings (SSSR count). The Labute approximate surface area is 163 Å². The van der Waals surface area contributed by atoms with Crippen LogP contribution in [0, 0.1) is 0 Å². The van der Waals surface area contributed by atoms with Crippen LogP contribution in [0.3, 0.4) is 0 Å². The number of hydrogen-bond donors (Lipinski definition) is 2. The highest BCUT2D eigenvalue weighted by Crippen LogP contribution is 2.33. The Bertz CT molecular complexity index is 766. The Morgan fingerprint density at radius 2 is 1.78 bits per heavy atom. The number of carbonyl (C=O) groups excluding carboxylic acids is 1. The first-order valence-electron chi connectivity index (χ1n) is 9.57. The van der Waals surface area contributed by atoms with Gasteiger partial charge in [-0.3, -0.25) is 4.79 Å². The molecule has 0 aliphatic carbocycles. The first-order valence-corrected chi connectivity index (χ1v) is 9.57. The lowest BCUT2D eigenvalue weighted by molar-refractivity contribution is 0.0962. The van der Waals surface area contributed by atoms with Crippen LogP contribution in [0.15, 0.2) is 55.6 Å². The Balaban J connectivity index is 0.00000126. The molecule has 1 atom stereocenters. The fourth-order valence-corrected chi connectivity index (χ4v) is 3.66. The van der Waals surface area contributed by atoms with Gasteiger partial charge in [0.05, 0.1) is 11.4 Å². The molecule has 4 heteroatoms. The second-order valence-corrected chi connectivity index (χ2v) is 6.75. The number of nitrogen functional groups attached to an aromatic ring is 1. The van der Waals surface area contributed by atoms with Crippen LogP contribution >= 0.6 is 0 Å². The number of anilines is 2. The van der Waals surface area contributed by atoms with E-state index in [9.17, 15) is 4.79 Å². The quantitative estimate of drug-likeness (QED) is 0.616. The van der Waals surface area contributed by atoms with Crippen molar-refractivity contribution >= 4 is 17.3 Å². The molecule has 3 N–H and O–H groups in total. The van der Waals surface area contributed by atoms with E-state index in [0.717, 1.165) is 41.2 Å². The van der Waals surface area contributed by atoms with Crippen LogP contribution in [0.4, 0.5) is 11.4 Å². The summed E-state index contributed by atoms with van der Waals surface area (Å²) in [6.07, 6.45) is 3.77. The Morgan fingerprint density at radius 1 is 1.11 bits per heavy atom. The summed E-state index contributed by atoms with van der Waals surface area (Å²) in [6, 6.07) is 14.1. The predicted molar refractivity (Wildman–Crippen MR) is 116 cm³/mol. The number of amides is 1. The van der Waals surface area contributed by atoms with Crippen molar-refractivity contribution in [3.63, 3.8) is 0 Å². The second kappa shape index (κ2) is 9.81. The van der Waals surface area contributed by atoms with Crippen LogP contribution in [0.5, 0.6) is 0 Å². The molecule has 1 fully saturated rings. The summed E-state index contributed by atoms with van der Waals surface area (Å²) in [5, 5.41) is 2.72. The van der Waals surface area contributed by atoms with Gasteiger partial charge in [0.25, 0.3) is 5.91 Å². The number of piperidine rings is 1. The summed E-state index contributed by atoms with van der Waals surface area (Å²) in [7, 11) is 1.66. The maximum atomic E-state index is 12.2. The van der Waals surface area contributed by atoms with Crippen LogP contribution in [0.25, 0.3) is 0 Å². The second-order valence-electron chi connectivity index (χ2n) is 6.75. The molecule has 1 aliphatic rings. The lowest BCUT2D eigenvalue weighted by Gasteiger charge is -2.30. The molecule has 0 radical (unpaired) electrons. The Kier molecular flexibility index (Phi) is 7.47. The minimum atomic E-state index is -0.0552. The fraction of sp³-hybridized carbons (Fsp3) is 0.348. The van der Waals surface area contributed by atoms with E-state index in [1.807, 2.05) is 24.3 Å². The average Bonchev–Trinajstić information content (AvgIpc) is 2.74. The molecule has 1 aliphatic heterocycles. The maximum Gasteiger partial charge on any atom is 0.251 e. The van der Waals surface area contributed by atoms with E-state index in [1.54, 1.807) is 7.05 Å². The van der Waals surface area contributed by atoms with Crippen molar-refractivity contribution in [2.24, 2.45) is 0 Å². The standard InChI is InChI=1S/C21H27N3O.C2H4/c1-15(17-8-4-5-9-18(17)21(25)23-2)16-10-11-20(19(22)14-16)24-12-6-3-7-13-24;1-2/h4-5,8-11,14-15H,3,6-7,12-13,22H2,1-2H3,(H,23,25);1-2H2. The van der Waals surface area contributed by atoms with Gasteiger partial charge in [-0.25, -0.2) is 0 Å². The Morgan fingerprint density at radius 3 is 2.41 bits per heavy atom. The van der Waals surface area contributed by atoms with Gasteiger partial charge >= 0.3 is 0 Å². The van der Waals surface area contributed by atoms with E-state index >= 15 is 0 Å². The van der Waals surface area contributed by atoms with Gasteiger partial charge in [-0.05, 0) is 48.6 Å². The van der Waals surface area contributed by atoms with Crippen LogP contribution < -0.4 is 16.0 Å². The molecule has 27 heavy (non-hydrogen) atoms. The molecular formula is C23H31N3O. The molecule has 2 aromatic carbocycles. The van der Waals surface area contributed by atoms with Crippen LogP contribution in [-0.4, -0.2) is 26.0 Å². The van der Waals surface area contributed by atoms with Gasteiger partial charge in [0, 0.05) is 31.6 Å². The molecule has 1 unspecified atom stereocenters. The average molecular weight is 366 g/mol. The highest BCUT2D eigenvalue weighted by atomic mass is 16.1. The van der Waals surface area contributed by atoms with Crippen molar-refractivity contribution in [3.05, 3.63) is 72.3 Å². The number of nitrogens with one attached hydrogen (secondary N) is 1. The zero-order chi connectivity index (χ0) is 19.8. The van der Waals surface area contributed by atoms with E-state index in [1.165, 1.54) is 19.3 Å². The zero-order valence-electron chi connectivity index (χ0n) is 16.5. The maximum absolute atomic E-state index is 12.2. The van der Waals surface area contributed by atoms with E-state index in [0.29, 0.717) is 0 Å². The van der Waals surface area contributed by atoms with Crippen molar-refractivity contribution in [1.82, 2.24) is 5.32 Å². The summed E-state index contributed by atoms with van der Waals surface area (Å²) in [4.78, 5) is 14.5. The van der Waals surface area contributed by atoms with Gasteiger partial charge < -0.3 is 16.0 Å². The van der Waals surface area contributed by atoms with Gasteiger partial charge in [0.15, 0.2) is 0 Å².